The molecule has 96 valence electrons. The summed E-state index contributed by atoms with van der Waals surface area (Å²) in [7, 11) is 0. The van der Waals surface area contributed by atoms with E-state index in [1.54, 1.807) is 0 Å². The van der Waals surface area contributed by atoms with Crippen LogP contribution >= 0.6 is 12.4 Å². The molecule has 0 aromatic heterocycles. The molecule has 5 heteroatoms. The molecule has 0 aromatic rings. The van der Waals surface area contributed by atoms with Crippen LogP contribution in [0.4, 0.5) is 0 Å². The average Bonchev–Trinajstić information content (AvgIpc) is 2.27. The molecule has 0 aliphatic heterocycles. The van der Waals surface area contributed by atoms with Crippen LogP contribution in [-0.2, 0) is 4.79 Å². The molecule has 1 fully saturated rings. The minimum absolute atomic E-state index is 0. The van der Waals surface area contributed by atoms with Crippen LogP contribution in [0.25, 0.3) is 0 Å². The van der Waals surface area contributed by atoms with Crippen LogP contribution in [0.15, 0.2) is 0 Å². The molecule has 1 aliphatic carbocycles. The van der Waals surface area contributed by atoms with Crippen LogP contribution in [0.5, 0.6) is 0 Å². The molecule has 4 nitrogen and oxygen atoms in total. The molecule has 0 bridgehead atoms. The smallest absolute Gasteiger partial charge is 0.221 e. The van der Waals surface area contributed by atoms with Gasteiger partial charge in [-0.05, 0) is 18.8 Å². The van der Waals surface area contributed by atoms with Crippen molar-refractivity contribution < 1.29 is 9.90 Å². The summed E-state index contributed by atoms with van der Waals surface area (Å²) >= 11 is 0. The minimum atomic E-state index is -0.382. The maximum atomic E-state index is 11.1. The Bertz CT molecular complexity index is 196. The van der Waals surface area contributed by atoms with Gasteiger partial charge in [-0.25, -0.2) is 0 Å². The van der Waals surface area contributed by atoms with Crippen molar-refractivity contribution in [2.24, 2.45) is 11.7 Å². The molecular weight excluding hydrogens is 228 g/mol. The molecule has 1 unspecified atom stereocenters. The molecule has 0 saturated heterocycles. The number of carbonyl (C=O) groups excluding carboxylic acids is 1. The SMILES string of the molecule is Cl.NCCC(=O)NCC(O)C1CCCCC1. The molecule has 1 amide bonds. The molecule has 0 spiro atoms. The van der Waals surface area contributed by atoms with E-state index in [1.807, 2.05) is 0 Å². The van der Waals surface area contributed by atoms with Gasteiger partial charge >= 0.3 is 0 Å². The summed E-state index contributed by atoms with van der Waals surface area (Å²) in [6.07, 6.45) is 5.84. The normalized spacial score (nSPS) is 18.6. The van der Waals surface area contributed by atoms with Crippen molar-refractivity contribution in [2.45, 2.75) is 44.6 Å². The van der Waals surface area contributed by atoms with Gasteiger partial charge in [0.2, 0.25) is 5.91 Å². The predicted molar refractivity (Wildman–Crippen MR) is 66.5 cm³/mol. The van der Waals surface area contributed by atoms with Gasteiger partial charge in [0.15, 0.2) is 0 Å². The third-order valence-electron chi connectivity index (χ3n) is 3.07. The van der Waals surface area contributed by atoms with E-state index in [9.17, 15) is 9.90 Å². The van der Waals surface area contributed by atoms with Crippen molar-refractivity contribution in [1.29, 1.82) is 0 Å². The van der Waals surface area contributed by atoms with E-state index in [2.05, 4.69) is 5.32 Å². The van der Waals surface area contributed by atoms with Gasteiger partial charge in [0.05, 0.1) is 6.10 Å². The molecule has 0 heterocycles. The first kappa shape index (κ1) is 15.7. The first-order chi connectivity index (χ1) is 7.24. The highest BCUT2D eigenvalue weighted by molar-refractivity contribution is 5.85. The molecule has 1 rings (SSSR count). The maximum Gasteiger partial charge on any atom is 0.221 e. The van der Waals surface area contributed by atoms with Crippen molar-refractivity contribution in [3.63, 3.8) is 0 Å². The Labute approximate surface area is 103 Å². The zero-order chi connectivity index (χ0) is 11.1. The summed E-state index contributed by atoms with van der Waals surface area (Å²) in [6.45, 7) is 0.745. The molecule has 0 aromatic carbocycles. The number of amides is 1. The molecule has 1 atom stereocenters. The summed E-state index contributed by atoms with van der Waals surface area (Å²) in [5, 5.41) is 12.6. The van der Waals surface area contributed by atoms with E-state index in [-0.39, 0.29) is 24.4 Å². The van der Waals surface area contributed by atoms with Gasteiger partial charge in [-0.3, -0.25) is 4.79 Å². The number of aliphatic hydroxyl groups is 1. The highest BCUT2D eigenvalue weighted by Gasteiger charge is 2.21. The van der Waals surface area contributed by atoms with Crippen LogP contribution in [0.2, 0.25) is 0 Å². The van der Waals surface area contributed by atoms with Crippen LogP contribution in [0.1, 0.15) is 38.5 Å². The second kappa shape index (κ2) is 8.79. The second-order valence-corrected chi connectivity index (χ2v) is 4.31. The number of aliphatic hydroxyl groups excluding tert-OH is 1. The van der Waals surface area contributed by atoms with Crippen molar-refractivity contribution in [1.82, 2.24) is 5.32 Å². The summed E-state index contributed by atoms with van der Waals surface area (Å²) in [6, 6.07) is 0. The summed E-state index contributed by atoms with van der Waals surface area (Å²) in [5.74, 6) is 0.310. The van der Waals surface area contributed by atoms with Crippen molar-refractivity contribution in [3.05, 3.63) is 0 Å². The van der Waals surface area contributed by atoms with E-state index in [0.29, 0.717) is 25.4 Å². The Morgan fingerprint density at radius 1 is 1.38 bits per heavy atom. The lowest BCUT2D eigenvalue weighted by atomic mass is 9.85. The fourth-order valence-corrected chi connectivity index (χ4v) is 2.12. The second-order valence-electron chi connectivity index (χ2n) is 4.31. The van der Waals surface area contributed by atoms with Gasteiger partial charge in [0.25, 0.3) is 0 Å². The number of hydrogen-bond donors (Lipinski definition) is 3. The zero-order valence-corrected chi connectivity index (χ0v) is 10.5. The Hall–Kier alpha value is -0.320. The number of nitrogens with two attached hydrogens (primary N) is 1. The van der Waals surface area contributed by atoms with E-state index in [1.165, 1.54) is 19.3 Å². The fraction of sp³-hybridized carbons (Fsp3) is 0.909. The van der Waals surface area contributed by atoms with Crippen molar-refractivity contribution >= 4 is 18.3 Å². The maximum absolute atomic E-state index is 11.1. The zero-order valence-electron chi connectivity index (χ0n) is 9.65. The van der Waals surface area contributed by atoms with E-state index in [4.69, 9.17) is 5.73 Å². The van der Waals surface area contributed by atoms with Crippen molar-refractivity contribution in [3.8, 4) is 0 Å². The lowest BCUT2D eigenvalue weighted by Crippen LogP contribution is -2.37. The summed E-state index contributed by atoms with van der Waals surface area (Å²) in [5.41, 5.74) is 5.26. The molecule has 1 saturated carbocycles. The topological polar surface area (TPSA) is 75.4 Å². The quantitative estimate of drug-likeness (QED) is 0.676. The summed E-state index contributed by atoms with van der Waals surface area (Å²) in [4.78, 5) is 11.1. The van der Waals surface area contributed by atoms with E-state index >= 15 is 0 Å². The molecule has 4 N–H and O–H groups in total. The van der Waals surface area contributed by atoms with Gasteiger partial charge in [0.1, 0.15) is 0 Å². The van der Waals surface area contributed by atoms with Crippen LogP contribution < -0.4 is 11.1 Å². The van der Waals surface area contributed by atoms with E-state index < -0.39 is 0 Å². The number of rotatable bonds is 5. The predicted octanol–water partition coefficient (Wildman–Crippen LogP) is 0.814. The first-order valence-corrected chi connectivity index (χ1v) is 5.89. The third-order valence-corrected chi connectivity index (χ3v) is 3.07. The lowest BCUT2D eigenvalue weighted by molar-refractivity contribution is -0.121. The first-order valence-electron chi connectivity index (χ1n) is 5.89. The fourth-order valence-electron chi connectivity index (χ4n) is 2.12. The van der Waals surface area contributed by atoms with Crippen LogP contribution in [0.3, 0.4) is 0 Å². The average molecular weight is 251 g/mol. The Morgan fingerprint density at radius 2 is 2.00 bits per heavy atom. The monoisotopic (exact) mass is 250 g/mol. The van der Waals surface area contributed by atoms with Crippen LogP contribution in [-0.4, -0.2) is 30.2 Å². The van der Waals surface area contributed by atoms with Crippen LogP contribution in [0, 0.1) is 5.92 Å². The number of halogens is 1. The highest BCUT2D eigenvalue weighted by atomic mass is 35.5. The largest absolute Gasteiger partial charge is 0.391 e. The molecule has 0 radical (unpaired) electrons. The minimum Gasteiger partial charge on any atom is -0.391 e. The Morgan fingerprint density at radius 3 is 2.56 bits per heavy atom. The van der Waals surface area contributed by atoms with Gasteiger partial charge in [0, 0.05) is 19.5 Å². The number of nitrogens with one attached hydrogen (secondary N) is 1. The molecular formula is C11H23ClN2O2. The molecule has 1 aliphatic rings. The van der Waals surface area contributed by atoms with Gasteiger partial charge < -0.3 is 16.2 Å². The highest BCUT2D eigenvalue weighted by Crippen LogP contribution is 2.26. The Balaban J connectivity index is 0.00000225. The number of hydrogen-bond acceptors (Lipinski definition) is 3. The standard InChI is InChI=1S/C11H22N2O2.ClH/c12-7-6-11(15)13-8-10(14)9-4-2-1-3-5-9;/h9-10,14H,1-8,12H2,(H,13,15);1H. The molecule has 16 heavy (non-hydrogen) atoms. The van der Waals surface area contributed by atoms with Gasteiger partial charge in [-0.2, -0.15) is 0 Å². The lowest BCUT2D eigenvalue weighted by Gasteiger charge is -2.26. The van der Waals surface area contributed by atoms with Crippen molar-refractivity contribution in [2.75, 3.05) is 13.1 Å². The Kier molecular flexibility index (Phi) is 8.61. The van der Waals surface area contributed by atoms with Gasteiger partial charge in [-0.15, -0.1) is 12.4 Å². The number of carbonyl (C=O) groups is 1. The van der Waals surface area contributed by atoms with E-state index in [0.717, 1.165) is 12.8 Å². The third kappa shape index (κ3) is 5.68. The summed E-state index contributed by atoms with van der Waals surface area (Å²) < 4.78 is 0. The van der Waals surface area contributed by atoms with Gasteiger partial charge in [-0.1, -0.05) is 19.3 Å².